The Bertz CT molecular complexity index is 829. The van der Waals surface area contributed by atoms with Crippen LogP contribution in [0.5, 0.6) is 5.75 Å². The molecule has 2 heteroatoms. The van der Waals surface area contributed by atoms with E-state index in [1.807, 2.05) is 66.7 Å². The Morgan fingerprint density at radius 1 is 0.913 bits per heavy atom. The van der Waals surface area contributed by atoms with Crippen LogP contribution in [-0.2, 0) is 6.42 Å². The summed E-state index contributed by atoms with van der Waals surface area (Å²) in [4.78, 5) is 12.6. The van der Waals surface area contributed by atoms with Crippen molar-refractivity contribution < 1.29 is 9.53 Å². The maximum absolute atomic E-state index is 12.6. The maximum atomic E-state index is 12.6. The number of fused-ring (bicyclic) bond motifs is 1. The van der Waals surface area contributed by atoms with Crippen LogP contribution >= 0.6 is 0 Å². The number of hydrogen-bond acceptors (Lipinski definition) is 2. The van der Waals surface area contributed by atoms with Gasteiger partial charge in [0.15, 0.2) is 0 Å². The molecule has 0 bridgehead atoms. The second-order valence-electron chi connectivity index (χ2n) is 6.12. The van der Waals surface area contributed by atoms with E-state index in [1.54, 1.807) is 0 Å². The van der Waals surface area contributed by atoms with Crippen molar-refractivity contribution in [1.82, 2.24) is 0 Å². The smallest absolute Gasteiger partial charge is 0.344 e. The summed E-state index contributed by atoms with van der Waals surface area (Å²) >= 11 is 0. The fourth-order valence-corrected chi connectivity index (χ4v) is 2.77. The van der Waals surface area contributed by atoms with Crippen molar-refractivity contribution in [2.45, 2.75) is 20.3 Å². The van der Waals surface area contributed by atoms with Crippen LogP contribution in [0.1, 0.15) is 29.8 Å². The third-order valence-electron chi connectivity index (χ3n) is 3.81. The zero-order valence-electron chi connectivity index (χ0n) is 13.5. The number of carbonyl (C=O) groups is 1. The summed E-state index contributed by atoms with van der Waals surface area (Å²) in [6, 6.07) is 21.3. The number of ether oxygens (including phenoxy) is 1. The van der Waals surface area contributed by atoms with Gasteiger partial charge in [-0.1, -0.05) is 68.4 Å². The first-order valence-electron chi connectivity index (χ1n) is 7.93. The largest absolute Gasteiger partial charge is 0.423 e. The topological polar surface area (TPSA) is 26.3 Å². The van der Waals surface area contributed by atoms with E-state index in [4.69, 9.17) is 4.74 Å². The first-order valence-corrected chi connectivity index (χ1v) is 7.93. The summed E-state index contributed by atoms with van der Waals surface area (Å²) in [6.45, 7) is 4.31. The molecule has 3 aromatic carbocycles. The van der Waals surface area contributed by atoms with Gasteiger partial charge in [0.1, 0.15) is 5.75 Å². The Kier molecular flexibility index (Phi) is 4.42. The molecule has 3 aromatic rings. The summed E-state index contributed by atoms with van der Waals surface area (Å²) in [5, 5.41) is 1.96. The lowest BCUT2D eigenvalue weighted by Crippen LogP contribution is -2.11. The quantitative estimate of drug-likeness (QED) is 0.485. The highest BCUT2D eigenvalue weighted by atomic mass is 16.5. The highest BCUT2D eigenvalue weighted by Crippen LogP contribution is 2.24. The van der Waals surface area contributed by atoms with Crippen molar-refractivity contribution in [2.75, 3.05) is 0 Å². The average Bonchev–Trinajstić information content (AvgIpc) is 2.55. The number of para-hydroxylation sites is 1. The summed E-state index contributed by atoms with van der Waals surface area (Å²) in [5.41, 5.74) is 1.67. The minimum Gasteiger partial charge on any atom is -0.423 e. The molecule has 0 aliphatic carbocycles. The monoisotopic (exact) mass is 304 g/mol. The van der Waals surface area contributed by atoms with Gasteiger partial charge in [0, 0.05) is 0 Å². The fourth-order valence-electron chi connectivity index (χ4n) is 2.77. The molecule has 0 N–H and O–H groups in total. The van der Waals surface area contributed by atoms with Crippen molar-refractivity contribution in [1.29, 1.82) is 0 Å². The second kappa shape index (κ2) is 6.66. The number of benzene rings is 3. The molecule has 0 spiro atoms. The van der Waals surface area contributed by atoms with Crippen molar-refractivity contribution in [3.05, 3.63) is 77.9 Å². The molecule has 0 radical (unpaired) electrons. The van der Waals surface area contributed by atoms with Crippen LogP contribution < -0.4 is 4.74 Å². The molecule has 0 aliphatic rings. The molecule has 116 valence electrons. The van der Waals surface area contributed by atoms with Crippen molar-refractivity contribution in [3.8, 4) is 5.75 Å². The molecular weight excluding hydrogens is 284 g/mol. The predicted octanol–water partition coefficient (Wildman–Crippen LogP) is 5.26. The summed E-state index contributed by atoms with van der Waals surface area (Å²) in [7, 11) is 0. The third-order valence-corrected chi connectivity index (χ3v) is 3.81. The van der Waals surface area contributed by atoms with Crippen molar-refractivity contribution in [3.63, 3.8) is 0 Å². The van der Waals surface area contributed by atoms with Crippen LogP contribution in [0.3, 0.4) is 0 Å². The molecule has 0 amide bonds. The minimum absolute atomic E-state index is 0.307. The van der Waals surface area contributed by atoms with E-state index < -0.39 is 0 Å². The highest BCUT2D eigenvalue weighted by Gasteiger charge is 2.14. The fraction of sp³-hybridized carbons (Fsp3) is 0.190. The molecular formula is C21H20O2. The number of esters is 1. The van der Waals surface area contributed by atoms with Crippen molar-refractivity contribution in [2.24, 2.45) is 5.92 Å². The van der Waals surface area contributed by atoms with Gasteiger partial charge in [0.05, 0.1) is 5.56 Å². The molecule has 23 heavy (non-hydrogen) atoms. The number of hydrogen-bond donors (Lipinski definition) is 0. The third kappa shape index (κ3) is 3.42. The van der Waals surface area contributed by atoms with E-state index in [0.29, 0.717) is 17.2 Å². The first-order chi connectivity index (χ1) is 11.1. The minimum atomic E-state index is -0.307. The van der Waals surface area contributed by atoms with E-state index in [2.05, 4.69) is 13.8 Å². The van der Waals surface area contributed by atoms with Gasteiger partial charge in [-0.25, -0.2) is 4.79 Å². The van der Waals surface area contributed by atoms with Crippen LogP contribution in [0.25, 0.3) is 10.8 Å². The Morgan fingerprint density at radius 2 is 1.61 bits per heavy atom. The zero-order chi connectivity index (χ0) is 16.2. The van der Waals surface area contributed by atoms with Gasteiger partial charge in [0.2, 0.25) is 0 Å². The standard InChI is InChI=1S/C21H20O2/c1-15(2)14-17-9-4-6-13-20(17)23-21(22)19-12-7-10-16-8-3-5-11-18(16)19/h3-13,15H,14H2,1-2H3. The Morgan fingerprint density at radius 3 is 2.43 bits per heavy atom. The predicted molar refractivity (Wildman–Crippen MR) is 93.9 cm³/mol. The van der Waals surface area contributed by atoms with Crippen molar-refractivity contribution >= 4 is 16.7 Å². The normalized spacial score (nSPS) is 10.9. The Labute approximate surface area is 136 Å². The van der Waals surface area contributed by atoms with Gasteiger partial charge < -0.3 is 4.74 Å². The average molecular weight is 304 g/mol. The van der Waals surface area contributed by atoms with Gasteiger partial charge in [0.25, 0.3) is 0 Å². The number of rotatable bonds is 4. The van der Waals surface area contributed by atoms with Gasteiger partial charge in [-0.05, 0) is 40.8 Å². The van der Waals surface area contributed by atoms with E-state index in [1.165, 1.54) is 0 Å². The molecule has 0 unspecified atom stereocenters. The zero-order valence-corrected chi connectivity index (χ0v) is 13.5. The summed E-state index contributed by atoms with van der Waals surface area (Å²) < 4.78 is 5.70. The molecule has 3 rings (SSSR count). The van der Waals surface area contributed by atoms with Gasteiger partial charge in [-0.15, -0.1) is 0 Å². The van der Waals surface area contributed by atoms with Crippen LogP contribution in [0.15, 0.2) is 66.7 Å². The van der Waals surface area contributed by atoms with Gasteiger partial charge in [-0.2, -0.15) is 0 Å². The molecule has 0 heterocycles. The summed E-state index contributed by atoms with van der Waals surface area (Å²) in [6.07, 6.45) is 0.888. The Hall–Kier alpha value is -2.61. The van der Waals surface area contributed by atoms with Crippen LogP contribution in [-0.4, -0.2) is 5.97 Å². The number of carbonyl (C=O) groups excluding carboxylic acids is 1. The lowest BCUT2D eigenvalue weighted by molar-refractivity contribution is 0.0735. The molecule has 0 aliphatic heterocycles. The highest BCUT2D eigenvalue weighted by molar-refractivity contribution is 6.05. The molecule has 0 aromatic heterocycles. The maximum Gasteiger partial charge on any atom is 0.344 e. The van der Waals surface area contributed by atoms with Gasteiger partial charge in [-0.3, -0.25) is 0 Å². The lowest BCUT2D eigenvalue weighted by Gasteiger charge is -2.12. The van der Waals surface area contributed by atoms with E-state index in [0.717, 1.165) is 22.8 Å². The Balaban J connectivity index is 1.93. The lowest BCUT2D eigenvalue weighted by atomic mass is 10.0. The van der Waals surface area contributed by atoms with Gasteiger partial charge >= 0.3 is 5.97 Å². The van der Waals surface area contributed by atoms with E-state index in [9.17, 15) is 4.79 Å². The van der Waals surface area contributed by atoms with Crippen LogP contribution in [0.4, 0.5) is 0 Å². The molecule has 2 nitrogen and oxygen atoms in total. The first kappa shape index (κ1) is 15.3. The van der Waals surface area contributed by atoms with Crippen LogP contribution in [0, 0.1) is 5.92 Å². The molecule has 0 saturated carbocycles. The van der Waals surface area contributed by atoms with E-state index >= 15 is 0 Å². The van der Waals surface area contributed by atoms with E-state index in [-0.39, 0.29) is 5.97 Å². The van der Waals surface area contributed by atoms with Crippen LogP contribution in [0.2, 0.25) is 0 Å². The molecule has 0 atom stereocenters. The second-order valence-corrected chi connectivity index (χ2v) is 6.12. The summed E-state index contributed by atoms with van der Waals surface area (Å²) in [5.74, 6) is 0.851. The SMILES string of the molecule is CC(C)Cc1ccccc1OC(=O)c1cccc2ccccc12. The molecule has 0 fully saturated rings. The molecule has 0 saturated heterocycles.